The Labute approximate surface area is 343 Å². The molecule has 10 nitrogen and oxygen atoms in total. The van der Waals surface area contributed by atoms with Crippen molar-refractivity contribution in [2.24, 2.45) is 5.92 Å². The molecule has 0 spiro atoms. The van der Waals surface area contributed by atoms with Crippen molar-refractivity contribution in [1.82, 2.24) is 15.1 Å². The van der Waals surface area contributed by atoms with Gasteiger partial charge < -0.3 is 24.5 Å². The zero-order valence-electron chi connectivity index (χ0n) is 33.0. The van der Waals surface area contributed by atoms with Crippen LogP contribution in [0.3, 0.4) is 0 Å². The monoisotopic (exact) mass is 801 g/mol. The van der Waals surface area contributed by atoms with Gasteiger partial charge in [-0.2, -0.15) is 8.78 Å². The number of allylic oxidation sites excluding steroid dienone is 1. The number of nitrogens with zero attached hydrogens (tertiary/aromatic N) is 4. The number of imide groups is 1. The van der Waals surface area contributed by atoms with Crippen LogP contribution in [0.5, 0.6) is 11.5 Å². The van der Waals surface area contributed by atoms with E-state index in [0.717, 1.165) is 123 Å². The van der Waals surface area contributed by atoms with Gasteiger partial charge in [-0.15, -0.1) is 0 Å². The minimum Gasteiger partial charge on any atom is -0.508 e. The molecular formula is C47H49F2N5O5. The average Bonchev–Trinajstić information content (AvgIpc) is 3.44. The maximum atomic E-state index is 13.2. The highest BCUT2D eigenvalue weighted by Gasteiger charge is 2.39. The van der Waals surface area contributed by atoms with E-state index in [0.29, 0.717) is 24.4 Å². The molecule has 59 heavy (non-hydrogen) atoms. The number of rotatable bonds is 9. The van der Waals surface area contributed by atoms with E-state index < -0.39 is 12.7 Å². The molecule has 4 aliphatic heterocycles. The third-order valence-electron chi connectivity index (χ3n) is 12.9. The lowest BCUT2D eigenvalue weighted by molar-refractivity contribution is -0.136. The van der Waals surface area contributed by atoms with E-state index in [1.54, 1.807) is 23.1 Å². The number of anilines is 2. The standard InChI is InChI=1S/C47H49F2N5O5/c48-47(49)59-38-12-6-31(7-13-38)39-3-1-2-33-27-37(55)11-15-40(33)44(39)32-4-8-35(9-5-32)52-20-18-30(19-21-52)28-51-22-24-53(25-23-51)36-10-14-41-34(26-36)29-54(46(41)58)42-16-17-43(56)50-45(42)57/h4-15,26-27,30,42,47,55H,1-3,16-25,28-29H2,(H,50,56,57)/t42-/m0/s1. The number of piperazine rings is 1. The van der Waals surface area contributed by atoms with Gasteiger partial charge >= 0.3 is 6.61 Å². The first-order valence-electron chi connectivity index (χ1n) is 20.9. The van der Waals surface area contributed by atoms with E-state index in [2.05, 4.69) is 55.1 Å². The maximum Gasteiger partial charge on any atom is 0.387 e. The Morgan fingerprint density at radius 3 is 2.14 bits per heavy atom. The minimum absolute atomic E-state index is 0.135. The number of alkyl halides is 2. The molecule has 1 aliphatic carbocycles. The Bertz CT molecular complexity index is 2260. The van der Waals surface area contributed by atoms with Crippen molar-refractivity contribution in [2.45, 2.75) is 64.1 Å². The fourth-order valence-electron chi connectivity index (χ4n) is 9.75. The minimum atomic E-state index is -2.87. The second-order valence-corrected chi connectivity index (χ2v) is 16.5. The fraction of sp³-hybridized carbons (Fsp3) is 0.383. The number of benzene rings is 4. The molecule has 0 unspecified atom stereocenters. The van der Waals surface area contributed by atoms with Crippen LogP contribution in [0, 0.1) is 5.92 Å². The number of aromatic hydroxyl groups is 1. The van der Waals surface area contributed by atoms with Crippen LogP contribution in [0.4, 0.5) is 20.2 Å². The number of hydrogen-bond acceptors (Lipinski definition) is 8. The molecule has 4 aromatic rings. The van der Waals surface area contributed by atoms with Crippen LogP contribution in [0.2, 0.25) is 0 Å². The summed E-state index contributed by atoms with van der Waals surface area (Å²) >= 11 is 0. The molecular weight excluding hydrogens is 753 g/mol. The number of hydrogen-bond donors (Lipinski definition) is 2. The zero-order valence-corrected chi connectivity index (χ0v) is 33.0. The summed E-state index contributed by atoms with van der Waals surface area (Å²) in [6.45, 7) is 4.38. The van der Waals surface area contributed by atoms with Crippen molar-refractivity contribution in [3.63, 3.8) is 0 Å². The quantitative estimate of drug-likeness (QED) is 0.173. The van der Waals surface area contributed by atoms with Crippen molar-refractivity contribution in [1.29, 1.82) is 0 Å². The number of nitrogens with one attached hydrogen (secondary N) is 1. The molecule has 12 heteroatoms. The lowest BCUT2D eigenvalue weighted by Gasteiger charge is -2.40. The summed E-state index contributed by atoms with van der Waals surface area (Å²) in [6.07, 6.45) is 5.41. The Morgan fingerprint density at radius 2 is 1.41 bits per heavy atom. The van der Waals surface area contributed by atoms with Gasteiger partial charge in [-0.25, -0.2) is 0 Å². The van der Waals surface area contributed by atoms with Gasteiger partial charge in [-0.1, -0.05) is 30.3 Å². The number of amides is 3. The van der Waals surface area contributed by atoms with E-state index in [1.165, 1.54) is 5.69 Å². The van der Waals surface area contributed by atoms with Gasteiger partial charge in [-0.05, 0) is 138 Å². The highest BCUT2D eigenvalue weighted by Crippen LogP contribution is 2.42. The number of carbonyl (C=O) groups is 3. The van der Waals surface area contributed by atoms with Crippen LogP contribution in [-0.4, -0.2) is 91.1 Å². The van der Waals surface area contributed by atoms with Crippen LogP contribution >= 0.6 is 0 Å². The summed E-state index contributed by atoms with van der Waals surface area (Å²) in [7, 11) is 0. The molecule has 3 fully saturated rings. The zero-order chi connectivity index (χ0) is 40.6. The molecule has 5 aliphatic rings. The summed E-state index contributed by atoms with van der Waals surface area (Å²) < 4.78 is 30.4. The van der Waals surface area contributed by atoms with Crippen LogP contribution < -0.4 is 19.9 Å². The summed E-state index contributed by atoms with van der Waals surface area (Å²) in [5, 5.41) is 12.7. The van der Waals surface area contributed by atoms with Crippen molar-refractivity contribution >= 4 is 40.2 Å². The number of halogens is 2. The maximum absolute atomic E-state index is 13.2. The molecule has 0 radical (unpaired) electrons. The number of carbonyl (C=O) groups excluding carboxylic acids is 3. The molecule has 0 bridgehead atoms. The highest BCUT2D eigenvalue weighted by molar-refractivity contribution is 6.05. The Morgan fingerprint density at radius 1 is 0.712 bits per heavy atom. The molecule has 1 atom stereocenters. The van der Waals surface area contributed by atoms with Crippen molar-refractivity contribution < 1.29 is 33.0 Å². The van der Waals surface area contributed by atoms with Gasteiger partial charge in [0.25, 0.3) is 5.91 Å². The first kappa shape index (κ1) is 38.8. The molecule has 2 N–H and O–H groups in total. The third kappa shape index (κ3) is 8.15. The van der Waals surface area contributed by atoms with Crippen LogP contribution in [0.25, 0.3) is 11.1 Å². The second kappa shape index (κ2) is 16.5. The highest BCUT2D eigenvalue weighted by atomic mass is 19.3. The molecule has 3 amide bonds. The van der Waals surface area contributed by atoms with Crippen molar-refractivity contribution in [3.8, 4) is 11.5 Å². The number of aryl methyl sites for hydroxylation is 1. The predicted molar refractivity (Wildman–Crippen MR) is 223 cm³/mol. The van der Waals surface area contributed by atoms with E-state index in [1.807, 2.05) is 36.4 Å². The van der Waals surface area contributed by atoms with Crippen LogP contribution in [0.15, 0.2) is 84.9 Å². The average molecular weight is 802 g/mol. The van der Waals surface area contributed by atoms with Crippen LogP contribution in [-0.2, 0) is 22.6 Å². The molecule has 0 aromatic heterocycles. The van der Waals surface area contributed by atoms with Gasteiger partial charge in [0.05, 0.1) is 0 Å². The van der Waals surface area contributed by atoms with E-state index in [-0.39, 0.29) is 35.6 Å². The number of phenolic OH excluding ortho intramolecular Hbond substituents is 1. The lowest BCUT2D eigenvalue weighted by Crippen LogP contribution is -2.52. The van der Waals surface area contributed by atoms with E-state index in [4.69, 9.17) is 0 Å². The molecule has 0 saturated carbocycles. The molecule has 4 heterocycles. The van der Waals surface area contributed by atoms with Gasteiger partial charge in [0.1, 0.15) is 17.5 Å². The summed E-state index contributed by atoms with van der Waals surface area (Å²) in [6, 6.07) is 26.7. The predicted octanol–water partition coefficient (Wildman–Crippen LogP) is 7.09. The summed E-state index contributed by atoms with van der Waals surface area (Å²) in [5.41, 5.74) is 10.4. The second-order valence-electron chi connectivity index (χ2n) is 16.5. The number of piperidine rings is 2. The topological polar surface area (TPSA) is 106 Å². The largest absolute Gasteiger partial charge is 0.508 e. The molecule has 4 aromatic carbocycles. The smallest absolute Gasteiger partial charge is 0.387 e. The van der Waals surface area contributed by atoms with Gasteiger partial charge in [0.2, 0.25) is 11.8 Å². The van der Waals surface area contributed by atoms with E-state index >= 15 is 0 Å². The van der Waals surface area contributed by atoms with Crippen molar-refractivity contribution in [3.05, 3.63) is 118 Å². The Balaban J connectivity index is 0.808. The Hall–Kier alpha value is -5.75. The fourth-order valence-corrected chi connectivity index (χ4v) is 9.75. The van der Waals surface area contributed by atoms with Gasteiger partial charge in [-0.3, -0.25) is 24.6 Å². The third-order valence-corrected chi connectivity index (χ3v) is 12.9. The molecule has 9 rings (SSSR count). The van der Waals surface area contributed by atoms with Gasteiger partial charge in [0.15, 0.2) is 0 Å². The molecule has 3 saturated heterocycles. The summed E-state index contributed by atoms with van der Waals surface area (Å²) in [5.74, 6) is 0.202. The summed E-state index contributed by atoms with van der Waals surface area (Å²) in [4.78, 5) is 46.4. The Kier molecular flexibility index (Phi) is 10.8. The van der Waals surface area contributed by atoms with Crippen LogP contribution in [0.1, 0.15) is 76.7 Å². The van der Waals surface area contributed by atoms with E-state index in [9.17, 15) is 28.3 Å². The molecule has 306 valence electrons. The normalized spacial score (nSPS) is 20.5. The SMILES string of the molecule is O=C1CC[C@H](N2Cc3cc(N4CCN(CC5CCN(c6ccc(C7=C(c8ccc(OC(F)F)cc8)CCCc8cc(O)ccc87)cc6)CC5)CC4)ccc3C2=O)C(=O)N1. The number of fused-ring (bicyclic) bond motifs is 2. The first-order chi connectivity index (χ1) is 28.7. The first-order valence-corrected chi connectivity index (χ1v) is 20.9. The number of phenols is 1. The lowest BCUT2D eigenvalue weighted by atomic mass is 9.87. The van der Waals surface area contributed by atoms with Gasteiger partial charge in [0, 0.05) is 75.7 Å². The van der Waals surface area contributed by atoms with Crippen molar-refractivity contribution in [2.75, 3.05) is 55.6 Å². The number of ether oxygens (including phenoxy) is 1.